The van der Waals surface area contributed by atoms with Crippen LogP contribution in [0.4, 0.5) is 10.1 Å². The number of sulfonamides is 1. The average molecular weight is 478 g/mol. The summed E-state index contributed by atoms with van der Waals surface area (Å²) in [5, 5.41) is 2.73. The fourth-order valence-corrected chi connectivity index (χ4v) is 4.33. The summed E-state index contributed by atoms with van der Waals surface area (Å²) in [7, 11) is -3.78. The van der Waals surface area contributed by atoms with Crippen molar-refractivity contribution in [1.29, 1.82) is 0 Å². The fourth-order valence-electron chi connectivity index (χ4n) is 3.49. The van der Waals surface area contributed by atoms with Gasteiger partial charge in [-0.05, 0) is 68.1 Å². The van der Waals surface area contributed by atoms with Crippen LogP contribution >= 0.6 is 0 Å². The summed E-state index contributed by atoms with van der Waals surface area (Å²) in [6.45, 7) is 7.32. The van der Waals surface area contributed by atoms with Crippen LogP contribution in [0.3, 0.4) is 0 Å². The third-order valence-corrected chi connectivity index (χ3v) is 6.60. The Hall–Kier alpha value is -2.94. The molecule has 0 fully saturated rings. The number of aryl methyl sites for hydroxylation is 2. The van der Waals surface area contributed by atoms with E-state index in [1.54, 1.807) is 32.0 Å². The van der Waals surface area contributed by atoms with E-state index in [0.717, 1.165) is 21.7 Å². The lowest BCUT2D eigenvalue weighted by molar-refractivity contribution is -0.140. The van der Waals surface area contributed by atoms with Gasteiger partial charge in [-0.25, -0.2) is 12.8 Å². The van der Waals surface area contributed by atoms with Crippen molar-refractivity contribution in [1.82, 2.24) is 10.2 Å². The first kappa shape index (κ1) is 26.3. The maximum Gasteiger partial charge on any atom is 0.244 e. The Kier molecular flexibility index (Phi) is 8.99. The number of amides is 2. The maximum absolute atomic E-state index is 13.5. The van der Waals surface area contributed by atoms with Gasteiger partial charge >= 0.3 is 0 Å². The number of benzene rings is 2. The Morgan fingerprint density at radius 1 is 1.03 bits per heavy atom. The molecule has 33 heavy (non-hydrogen) atoms. The number of nitrogens with one attached hydrogen (secondary N) is 1. The smallest absolute Gasteiger partial charge is 0.244 e. The van der Waals surface area contributed by atoms with Crippen molar-refractivity contribution in [2.75, 3.05) is 23.7 Å². The molecule has 0 saturated carbocycles. The van der Waals surface area contributed by atoms with Crippen LogP contribution in [-0.2, 0) is 26.2 Å². The van der Waals surface area contributed by atoms with E-state index >= 15 is 0 Å². The number of likely N-dealkylation sites (N-methyl/N-ethyl adjacent to an activating group) is 1. The van der Waals surface area contributed by atoms with Crippen molar-refractivity contribution in [2.45, 2.75) is 46.7 Å². The molecule has 7 nitrogen and oxygen atoms in total. The zero-order valence-electron chi connectivity index (χ0n) is 19.8. The predicted molar refractivity (Wildman–Crippen MR) is 128 cm³/mol. The molecule has 0 radical (unpaired) electrons. The lowest BCUT2D eigenvalue weighted by atomic mass is 10.1. The lowest BCUT2D eigenvalue weighted by Gasteiger charge is -2.33. The van der Waals surface area contributed by atoms with Crippen LogP contribution in [0.15, 0.2) is 42.5 Å². The van der Waals surface area contributed by atoms with Crippen molar-refractivity contribution in [3.8, 4) is 0 Å². The topological polar surface area (TPSA) is 86.8 Å². The van der Waals surface area contributed by atoms with E-state index in [4.69, 9.17) is 0 Å². The molecule has 9 heteroatoms. The van der Waals surface area contributed by atoms with Crippen LogP contribution in [-0.4, -0.2) is 50.5 Å². The first-order chi connectivity index (χ1) is 15.5. The van der Waals surface area contributed by atoms with Crippen molar-refractivity contribution < 1.29 is 22.4 Å². The SMILES string of the molecule is CCNC(=O)[C@H](CC)N(Cc1ccc(F)cc1)C(=O)CN(c1ccc(C)c(C)c1)S(C)(=O)=O. The fraction of sp³-hybridized carbons (Fsp3) is 0.417. The van der Waals surface area contributed by atoms with Gasteiger partial charge in [0.25, 0.3) is 0 Å². The third-order valence-electron chi connectivity index (χ3n) is 5.46. The van der Waals surface area contributed by atoms with Gasteiger partial charge in [-0.3, -0.25) is 13.9 Å². The molecular formula is C24H32FN3O4S. The minimum atomic E-state index is -3.78. The monoisotopic (exact) mass is 477 g/mol. The van der Waals surface area contributed by atoms with Crippen LogP contribution < -0.4 is 9.62 Å². The van der Waals surface area contributed by atoms with Crippen LogP contribution in [0.2, 0.25) is 0 Å². The molecule has 0 unspecified atom stereocenters. The maximum atomic E-state index is 13.5. The van der Waals surface area contributed by atoms with Crippen LogP contribution in [0.25, 0.3) is 0 Å². The quantitative estimate of drug-likeness (QED) is 0.570. The lowest BCUT2D eigenvalue weighted by Crippen LogP contribution is -2.52. The largest absolute Gasteiger partial charge is 0.355 e. The third kappa shape index (κ3) is 7.02. The highest BCUT2D eigenvalue weighted by atomic mass is 32.2. The number of hydrogen-bond donors (Lipinski definition) is 1. The molecule has 0 heterocycles. The van der Waals surface area contributed by atoms with Gasteiger partial charge in [-0.1, -0.05) is 25.1 Å². The molecule has 1 N–H and O–H groups in total. The van der Waals surface area contributed by atoms with E-state index in [1.807, 2.05) is 13.8 Å². The summed E-state index contributed by atoms with van der Waals surface area (Å²) < 4.78 is 39.6. The standard InChI is InChI=1S/C24H32FN3O4S/c1-6-22(24(30)26-7-2)27(15-19-9-11-20(25)12-10-19)23(29)16-28(33(5,31)32)21-13-8-17(3)18(4)14-21/h8-14,22H,6-7,15-16H2,1-5H3,(H,26,30)/t22-/m0/s1. The van der Waals surface area contributed by atoms with Crippen molar-refractivity contribution >= 4 is 27.5 Å². The molecular weight excluding hydrogens is 445 g/mol. The Bertz CT molecular complexity index is 1090. The number of nitrogens with zero attached hydrogens (tertiary/aromatic N) is 2. The normalized spacial score (nSPS) is 12.2. The van der Waals surface area contributed by atoms with E-state index in [0.29, 0.717) is 24.2 Å². The molecule has 0 aliphatic heterocycles. The van der Waals surface area contributed by atoms with Gasteiger partial charge in [0.2, 0.25) is 21.8 Å². The molecule has 0 aliphatic rings. The number of rotatable bonds is 10. The van der Waals surface area contributed by atoms with Gasteiger partial charge < -0.3 is 10.2 Å². The van der Waals surface area contributed by atoms with Gasteiger partial charge in [0.15, 0.2) is 0 Å². The Morgan fingerprint density at radius 2 is 1.67 bits per heavy atom. The van der Waals surface area contributed by atoms with Crippen LogP contribution in [0.1, 0.15) is 37.0 Å². The zero-order chi connectivity index (χ0) is 24.8. The van der Waals surface area contributed by atoms with Gasteiger partial charge in [0, 0.05) is 13.1 Å². The molecule has 0 saturated heterocycles. The molecule has 0 aromatic heterocycles. The minimum Gasteiger partial charge on any atom is -0.355 e. The molecule has 0 bridgehead atoms. The Labute approximate surface area is 195 Å². The Morgan fingerprint density at radius 3 is 2.18 bits per heavy atom. The van der Waals surface area contributed by atoms with E-state index in [9.17, 15) is 22.4 Å². The molecule has 2 aromatic rings. The summed E-state index contributed by atoms with van der Waals surface area (Å²) in [6.07, 6.45) is 1.38. The van der Waals surface area contributed by atoms with Crippen LogP contribution in [0, 0.1) is 19.7 Å². The van der Waals surface area contributed by atoms with Crippen molar-refractivity contribution in [3.63, 3.8) is 0 Å². The molecule has 2 rings (SSSR count). The first-order valence-electron chi connectivity index (χ1n) is 10.8. The van der Waals surface area contributed by atoms with Crippen LogP contribution in [0.5, 0.6) is 0 Å². The summed E-state index contributed by atoms with van der Waals surface area (Å²) in [5.74, 6) is -1.26. The second-order valence-electron chi connectivity index (χ2n) is 8.00. The molecule has 1 atom stereocenters. The zero-order valence-corrected chi connectivity index (χ0v) is 20.6. The van der Waals surface area contributed by atoms with Gasteiger partial charge in [-0.2, -0.15) is 0 Å². The Balaban J connectivity index is 2.44. The van der Waals surface area contributed by atoms with Crippen molar-refractivity contribution in [3.05, 3.63) is 65.0 Å². The predicted octanol–water partition coefficient (Wildman–Crippen LogP) is 3.15. The molecule has 180 valence electrons. The number of anilines is 1. The van der Waals surface area contributed by atoms with E-state index in [2.05, 4.69) is 5.32 Å². The highest BCUT2D eigenvalue weighted by Gasteiger charge is 2.31. The highest BCUT2D eigenvalue weighted by Crippen LogP contribution is 2.22. The summed E-state index contributed by atoms with van der Waals surface area (Å²) in [6, 6.07) is 10.0. The summed E-state index contributed by atoms with van der Waals surface area (Å²) in [4.78, 5) is 27.5. The molecule has 2 aromatic carbocycles. The number of halogens is 1. The second kappa shape index (κ2) is 11.3. The molecule has 0 aliphatic carbocycles. The molecule has 2 amide bonds. The second-order valence-corrected chi connectivity index (χ2v) is 9.91. The first-order valence-corrected chi connectivity index (χ1v) is 12.7. The number of hydrogen-bond acceptors (Lipinski definition) is 4. The van der Waals surface area contributed by atoms with E-state index < -0.39 is 34.3 Å². The minimum absolute atomic E-state index is 0.0410. The number of carbonyl (C=O) groups excluding carboxylic acids is 2. The van der Waals surface area contributed by atoms with Gasteiger partial charge in [0.05, 0.1) is 11.9 Å². The summed E-state index contributed by atoms with van der Waals surface area (Å²) >= 11 is 0. The average Bonchev–Trinajstić information content (AvgIpc) is 2.74. The van der Waals surface area contributed by atoms with E-state index in [-0.39, 0.29) is 12.5 Å². The molecule has 0 spiro atoms. The summed E-state index contributed by atoms with van der Waals surface area (Å²) in [5.41, 5.74) is 2.90. The highest BCUT2D eigenvalue weighted by molar-refractivity contribution is 7.92. The van der Waals surface area contributed by atoms with E-state index in [1.165, 1.54) is 29.2 Å². The van der Waals surface area contributed by atoms with Gasteiger partial charge in [0.1, 0.15) is 18.4 Å². The number of carbonyl (C=O) groups is 2. The van der Waals surface area contributed by atoms with Crippen molar-refractivity contribution in [2.24, 2.45) is 0 Å². The van der Waals surface area contributed by atoms with Gasteiger partial charge in [-0.15, -0.1) is 0 Å².